The molecule has 0 radical (unpaired) electrons. The lowest BCUT2D eigenvalue weighted by Gasteiger charge is -2.10. The molecule has 4 rings (SSSR count). The van der Waals surface area contributed by atoms with Crippen LogP contribution >= 0.6 is 11.3 Å². The molecule has 3 heterocycles. The highest BCUT2D eigenvalue weighted by atomic mass is 32.1. The van der Waals surface area contributed by atoms with E-state index in [1.165, 1.54) is 0 Å². The van der Waals surface area contributed by atoms with Crippen LogP contribution in [0.4, 0.5) is 0 Å². The minimum absolute atomic E-state index is 0.295. The molecule has 0 bridgehead atoms. The number of hydrogen-bond donors (Lipinski definition) is 1. The number of rotatable bonds is 9. The van der Waals surface area contributed by atoms with Gasteiger partial charge in [-0.2, -0.15) is 0 Å². The highest BCUT2D eigenvalue weighted by Gasteiger charge is 2.16. The maximum Gasteiger partial charge on any atom is 0.231 e. The van der Waals surface area contributed by atoms with E-state index in [0.717, 1.165) is 79.9 Å². The Kier molecular flexibility index (Phi) is 6.01. The zero-order chi connectivity index (χ0) is 17.6. The van der Waals surface area contributed by atoms with E-state index in [2.05, 4.69) is 10.7 Å². The summed E-state index contributed by atoms with van der Waals surface area (Å²) in [7, 11) is 0. The van der Waals surface area contributed by atoms with Crippen LogP contribution in [0.15, 0.2) is 23.6 Å². The number of nitrogens with one attached hydrogen (secondary N) is 1. The van der Waals surface area contributed by atoms with Crippen molar-refractivity contribution < 1.29 is 18.9 Å². The smallest absolute Gasteiger partial charge is 0.231 e. The van der Waals surface area contributed by atoms with Crippen LogP contribution in [0.2, 0.25) is 0 Å². The van der Waals surface area contributed by atoms with Crippen LogP contribution in [0, 0.1) is 0 Å². The number of nitrogens with zero attached hydrogens (tertiary/aromatic N) is 1. The molecule has 0 aliphatic carbocycles. The third-order valence-electron chi connectivity index (χ3n) is 4.45. The van der Waals surface area contributed by atoms with Crippen LogP contribution in [-0.4, -0.2) is 44.2 Å². The van der Waals surface area contributed by atoms with Gasteiger partial charge in [-0.3, -0.25) is 0 Å². The normalized spacial score (nSPS) is 18.5. The molecule has 0 saturated carbocycles. The molecule has 2 aliphatic heterocycles. The quantitative estimate of drug-likeness (QED) is 0.678. The van der Waals surface area contributed by atoms with Crippen LogP contribution in [0.3, 0.4) is 0 Å². The van der Waals surface area contributed by atoms with Crippen LogP contribution < -0.4 is 14.8 Å². The number of thiazole rings is 1. The lowest BCUT2D eigenvalue weighted by molar-refractivity contribution is 0.0166. The summed E-state index contributed by atoms with van der Waals surface area (Å²) >= 11 is 1.65. The average Bonchev–Trinajstić information content (AvgIpc) is 3.41. The third-order valence-corrected chi connectivity index (χ3v) is 5.39. The minimum Gasteiger partial charge on any atom is -0.454 e. The summed E-state index contributed by atoms with van der Waals surface area (Å²) < 4.78 is 22.0. The molecule has 26 heavy (non-hydrogen) atoms. The van der Waals surface area contributed by atoms with Gasteiger partial charge in [-0.25, -0.2) is 4.98 Å². The monoisotopic (exact) mass is 376 g/mol. The van der Waals surface area contributed by atoms with E-state index in [9.17, 15) is 0 Å². The van der Waals surface area contributed by atoms with Gasteiger partial charge >= 0.3 is 0 Å². The van der Waals surface area contributed by atoms with E-state index in [4.69, 9.17) is 23.9 Å². The molecule has 1 unspecified atom stereocenters. The molecular weight excluding hydrogens is 352 g/mol. The number of hydrogen-bond acceptors (Lipinski definition) is 7. The van der Waals surface area contributed by atoms with Gasteiger partial charge < -0.3 is 24.3 Å². The van der Waals surface area contributed by atoms with Crippen molar-refractivity contribution in [2.75, 3.05) is 33.2 Å². The zero-order valence-electron chi connectivity index (χ0n) is 14.7. The van der Waals surface area contributed by atoms with E-state index in [0.29, 0.717) is 12.9 Å². The fourth-order valence-electron chi connectivity index (χ4n) is 3.06. The maximum atomic E-state index is 5.67. The van der Waals surface area contributed by atoms with Crippen LogP contribution in [-0.2, 0) is 16.0 Å². The van der Waals surface area contributed by atoms with E-state index >= 15 is 0 Å². The Morgan fingerprint density at radius 2 is 2.23 bits per heavy atom. The van der Waals surface area contributed by atoms with E-state index in [-0.39, 0.29) is 0 Å². The summed E-state index contributed by atoms with van der Waals surface area (Å²) in [5.74, 6) is 1.59. The molecule has 1 saturated heterocycles. The Morgan fingerprint density at radius 3 is 3.15 bits per heavy atom. The van der Waals surface area contributed by atoms with E-state index in [1.54, 1.807) is 11.3 Å². The van der Waals surface area contributed by atoms with Crippen molar-refractivity contribution in [3.63, 3.8) is 0 Å². The number of benzene rings is 1. The standard InChI is InChI=1S/C19H24N2O4S/c1-3-16(23-8-1)11-22-7-2-6-20-10-15-12-26-19(21-15)14-4-5-17-18(9-14)25-13-24-17/h4-5,9,12,16,20H,1-3,6-8,10-11,13H2. The summed E-state index contributed by atoms with van der Waals surface area (Å²) in [5, 5.41) is 6.52. The topological polar surface area (TPSA) is 61.8 Å². The molecule has 1 N–H and O–H groups in total. The summed E-state index contributed by atoms with van der Waals surface area (Å²) in [4.78, 5) is 4.70. The van der Waals surface area contributed by atoms with Crippen LogP contribution in [0.5, 0.6) is 11.5 Å². The van der Waals surface area contributed by atoms with Crippen molar-refractivity contribution in [2.24, 2.45) is 0 Å². The molecule has 140 valence electrons. The summed E-state index contributed by atoms with van der Waals surface area (Å²) in [5.41, 5.74) is 2.12. The first kappa shape index (κ1) is 17.7. The summed E-state index contributed by atoms with van der Waals surface area (Å²) in [6, 6.07) is 5.95. The number of aromatic nitrogens is 1. The van der Waals surface area contributed by atoms with Crippen molar-refractivity contribution >= 4 is 11.3 Å². The first-order chi connectivity index (χ1) is 12.9. The van der Waals surface area contributed by atoms with Crippen molar-refractivity contribution in [2.45, 2.75) is 31.9 Å². The molecule has 0 spiro atoms. The number of fused-ring (bicyclic) bond motifs is 1. The fourth-order valence-corrected chi connectivity index (χ4v) is 3.87. The highest BCUT2D eigenvalue weighted by molar-refractivity contribution is 7.13. The zero-order valence-corrected chi connectivity index (χ0v) is 15.6. The average molecular weight is 376 g/mol. The molecule has 1 fully saturated rings. The van der Waals surface area contributed by atoms with E-state index in [1.807, 2.05) is 18.2 Å². The second-order valence-electron chi connectivity index (χ2n) is 6.45. The van der Waals surface area contributed by atoms with Gasteiger partial charge in [0.25, 0.3) is 0 Å². The third kappa shape index (κ3) is 4.54. The van der Waals surface area contributed by atoms with Crippen molar-refractivity contribution in [3.05, 3.63) is 29.3 Å². The SMILES string of the molecule is c1cc2c(cc1-c1nc(CNCCCOCC3CCCO3)cs1)OCO2. The molecular formula is C19H24N2O4S. The predicted octanol–water partition coefficient (Wildman–Crippen LogP) is 3.21. The van der Waals surface area contributed by atoms with Crippen LogP contribution in [0.1, 0.15) is 25.0 Å². The Bertz CT molecular complexity index is 715. The molecule has 6 nitrogen and oxygen atoms in total. The predicted molar refractivity (Wildman–Crippen MR) is 99.8 cm³/mol. The molecule has 1 aromatic heterocycles. The van der Waals surface area contributed by atoms with Gasteiger partial charge in [-0.15, -0.1) is 11.3 Å². The first-order valence-electron chi connectivity index (χ1n) is 9.13. The second kappa shape index (κ2) is 8.81. The van der Waals surface area contributed by atoms with Gasteiger partial charge in [0.05, 0.1) is 18.4 Å². The van der Waals surface area contributed by atoms with Gasteiger partial charge in [0.1, 0.15) is 5.01 Å². The molecule has 1 aromatic carbocycles. The second-order valence-corrected chi connectivity index (χ2v) is 7.31. The van der Waals surface area contributed by atoms with Gasteiger partial charge in [-0.05, 0) is 44.0 Å². The van der Waals surface area contributed by atoms with Gasteiger partial charge in [0.2, 0.25) is 6.79 Å². The molecule has 2 aromatic rings. The Labute approximate surface area is 157 Å². The highest BCUT2D eigenvalue weighted by Crippen LogP contribution is 2.36. The Balaban J connectivity index is 1.16. The minimum atomic E-state index is 0.295. The first-order valence-corrected chi connectivity index (χ1v) is 10.0. The lowest BCUT2D eigenvalue weighted by atomic mass is 10.2. The van der Waals surface area contributed by atoms with Gasteiger partial charge in [0, 0.05) is 30.7 Å². The van der Waals surface area contributed by atoms with Gasteiger partial charge in [-0.1, -0.05) is 0 Å². The maximum absolute atomic E-state index is 5.67. The molecule has 0 amide bonds. The summed E-state index contributed by atoms with van der Waals surface area (Å²) in [6.45, 7) is 4.37. The van der Waals surface area contributed by atoms with Crippen molar-refractivity contribution in [3.8, 4) is 22.1 Å². The Hall–Kier alpha value is -1.67. The van der Waals surface area contributed by atoms with Gasteiger partial charge in [0.15, 0.2) is 11.5 Å². The molecule has 2 aliphatic rings. The lowest BCUT2D eigenvalue weighted by Crippen LogP contribution is -2.19. The van der Waals surface area contributed by atoms with Crippen LogP contribution in [0.25, 0.3) is 10.6 Å². The molecule has 7 heteroatoms. The van der Waals surface area contributed by atoms with Crippen molar-refractivity contribution in [1.29, 1.82) is 0 Å². The van der Waals surface area contributed by atoms with Crippen molar-refractivity contribution in [1.82, 2.24) is 10.3 Å². The fraction of sp³-hybridized carbons (Fsp3) is 0.526. The van der Waals surface area contributed by atoms with E-state index < -0.39 is 0 Å². The number of ether oxygens (including phenoxy) is 4. The summed E-state index contributed by atoms with van der Waals surface area (Å²) in [6.07, 6.45) is 3.60. The largest absolute Gasteiger partial charge is 0.454 e. The molecule has 1 atom stereocenters. The Morgan fingerprint density at radius 1 is 1.27 bits per heavy atom.